The number of nitrogens with one attached hydrogen (secondary N) is 2. The molecule has 0 amide bonds. The Bertz CT molecular complexity index is 355. The molecule has 0 radical (unpaired) electrons. The Balaban J connectivity index is 1.66. The molecule has 1 saturated carbocycles. The molecule has 128 valence electrons. The van der Waals surface area contributed by atoms with Crippen molar-refractivity contribution in [2.24, 2.45) is 4.99 Å². The normalized spacial score (nSPS) is 25.6. The van der Waals surface area contributed by atoms with Gasteiger partial charge in [0.15, 0.2) is 5.96 Å². The quantitative estimate of drug-likeness (QED) is 0.381. The fourth-order valence-electron chi connectivity index (χ4n) is 3.29. The molecule has 1 unspecified atom stereocenters. The highest BCUT2D eigenvalue weighted by molar-refractivity contribution is 5.79. The fourth-order valence-corrected chi connectivity index (χ4v) is 3.29. The van der Waals surface area contributed by atoms with Gasteiger partial charge in [-0.15, -0.1) is 0 Å². The van der Waals surface area contributed by atoms with Gasteiger partial charge in [-0.3, -0.25) is 4.99 Å². The molecule has 5 nitrogen and oxygen atoms in total. The number of likely N-dealkylation sites (tertiary alicyclic amines) is 1. The smallest absolute Gasteiger partial charge is 0.191 e. The van der Waals surface area contributed by atoms with Gasteiger partial charge < -0.3 is 20.6 Å². The zero-order valence-corrected chi connectivity index (χ0v) is 14.4. The van der Waals surface area contributed by atoms with Crippen molar-refractivity contribution >= 4 is 5.96 Å². The molecule has 0 bridgehead atoms. The van der Waals surface area contributed by atoms with Crippen LogP contribution in [0.3, 0.4) is 0 Å². The van der Waals surface area contributed by atoms with Crippen LogP contribution >= 0.6 is 0 Å². The summed E-state index contributed by atoms with van der Waals surface area (Å²) in [4.78, 5) is 7.14. The van der Waals surface area contributed by atoms with Gasteiger partial charge in [0.1, 0.15) is 0 Å². The van der Waals surface area contributed by atoms with Crippen LogP contribution in [0.5, 0.6) is 0 Å². The van der Waals surface area contributed by atoms with E-state index in [2.05, 4.69) is 34.4 Å². The van der Waals surface area contributed by atoms with Gasteiger partial charge in [0.05, 0.1) is 12.1 Å². The molecular formula is C17H34N4O. The van der Waals surface area contributed by atoms with E-state index in [0.29, 0.717) is 6.54 Å². The van der Waals surface area contributed by atoms with E-state index in [1.54, 1.807) is 0 Å². The molecular weight excluding hydrogens is 276 g/mol. The first kappa shape index (κ1) is 17.5. The van der Waals surface area contributed by atoms with Crippen LogP contribution in [-0.4, -0.2) is 60.3 Å². The fraction of sp³-hybridized carbons (Fsp3) is 0.941. The van der Waals surface area contributed by atoms with Crippen LogP contribution in [0.25, 0.3) is 0 Å². The first-order chi connectivity index (χ1) is 10.6. The molecule has 2 fully saturated rings. The summed E-state index contributed by atoms with van der Waals surface area (Å²) < 4.78 is 0. The number of rotatable bonds is 7. The van der Waals surface area contributed by atoms with Crippen molar-refractivity contribution in [3.05, 3.63) is 0 Å². The third-order valence-corrected chi connectivity index (χ3v) is 5.02. The summed E-state index contributed by atoms with van der Waals surface area (Å²) in [5.41, 5.74) is -0.536. The Kier molecular flexibility index (Phi) is 6.96. The van der Waals surface area contributed by atoms with Gasteiger partial charge in [-0.25, -0.2) is 0 Å². The average Bonchev–Trinajstić information content (AvgIpc) is 2.48. The van der Waals surface area contributed by atoms with Gasteiger partial charge in [-0.2, -0.15) is 0 Å². The molecule has 3 N–H and O–H groups in total. The molecule has 0 aromatic rings. The standard InChI is InChI=1S/C17H34N4O/c1-3-18-16(20-14-17(22)9-6-10-17)19-11-7-13-21-12-5-4-8-15(21)2/h15,22H,3-14H2,1-2H3,(H2,18,19,20). The maximum absolute atomic E-state index is 10.1. The summed E-state index contributed by atoms with van der Waals surface area (Å²) in [7, 11) is 0. The van der Waals surface area contributed by atoms with Gasteiger partial charge >= 0.3 is 0 Å². The number of piperidine rings is 1. The summed E-state index contributed by atoms with van der Waals surface area (Å²) in [6, 6.07) is 0.739. The van der Waals surface area contributed by atoms with Gasteiger partial charge in [0.25, 0.3) is 0 Å². The van der Waals surface area contributed by atoms with E-state index in [4.69, 9.17) is 0 Å². The monoisotopic (exact) mass is 310 g/mol. The minimum atomic E-state index is -0.536. The highest BCUT2D eigenvalue weighted by Crippen LogP contribution is 2.31. The van der Waals surface area contributed by atoms with E-state index in [9.17, 15) is 5.11 Å². The van der Waals surface area contributed by atoms with Crippen molar-refractivity contribution in [3.63, 3.8) is 0 Å². The Morgan fingerprint density at radius 3 is 2.73 bits per heavy atom. The molecule has 1 aliphatic heterocycles. The van der Waals surface area contributed by atoms with Crippen LogP contribution in [0.1, 0.15) is 58.8 Å². The van der Waals surface area contributed by atoms with Crippen LogP contribution in [0, 0.1) is 0 Å². The van der Waals surface area contributed by atoms with Crippen molar-refractivity contribution in [3.8, 4) is 0 Å². The van der Waals surface area contributed by atoms with E-state index in [1.165, 1.54) is 25.8 Å². The average molecular weight is 310 g/mol. The number of guanidine groups is 1. The second-order valence-electron chi connectivity index (χ2n) is 6.93. The van der Waals surface area contributed by atoms with E-state index < -0.39 is 5.60 Å². The Morgan fingerprint density at radius 2 is 2.09 bits per heavy atom. The zero-order chi connectivity index (χ0) is 15.8. The molecule has 1 heterocycles. The number of hydrogen-bond acceptors (Lipinski definition) is 3. The second kappa shape index (κ2) is 8.73. The maximum atomic E-state index is 10.1. The Hall–Kier alpha value is -0.810. The van der Waals surface area contributed by atoms with E-state index >= 15 is 0 Å². The third-order valence-electron chi connectivity index (χ3n) is 5.02. The van der Waals surface area contributed by atoms with Gasteiger partial charge in [-0.1, -0.05) is 6.42 Å². The number of hydrogen-bond donors (Lipinski definition) is 3. The molecule has 0 spiro atoms. The first-order valence-electron chi connectivity index (χ1n) is 9.11. The zero-order valence-electron chi connectivity index (χ0n) is 14.4. The lowest BCUT2D eigenvalue weighted by Crippen LogP contribution is -2.44. The molecule has 1 aliphatic carbocycles. The minimum absolute atomic E-state index is 0.519. The molecule has 5 heteroatoms. The molecule has 0 aromatic heterocycles. The van der Waals surface area contributed by atoms with Crippen molar-refractivity contribution in [2.45, 2.75) is 70.4 Å². The van der Waals surface area contributed by atoms with Crippen molar-refractivity contribution in [1.29, 1.82) is 0 Å². The Morgan fingerprint density at radius 1 is 1.27 bits per heavy atom. The van der Waals surface area contributed by atoms with Crippen molar-refractivity contribution in [1.82, 2.24) is 15.5 Å². The van der Waals surface area contributed by atoms with Gasteiger partial charge in [0, 0.05) is 25.7 Å². The van der Waals surface area contributed by atoms with Gasteiger partial charge in [-0.05, 0) is 58.9 Å². The van der Waals surface area contributed by atoms with Crippen LogP contribution in [0.2, 0.25) is 0 Å². The summed E-state index contributed by atoms with van der Waals surface area (Å²) in [6.07, 6.45) is 8.13. The SMILES string of the molecule is CCNC(=NCC1(O)CCC1)NCCCN1CCCCC1C. The third kappa shape index (κ3) is 5.43. The minimum Gasteiger partial charge on any atom is -0.388 e. The molecule has 1 saturated heterocycles. The lowest BCUT2D eigenvalue weighted by atomic mass is 9.80. The molecule has 0 aromatic carbocycles. The molecule has 2 rings (SSSR count). The second-order valence-corrected chi connectivity index (χ2v) is 6.93. The first-order valence-corrected chi connectivity index (χ1v) is 9.11. The van der Waals surface area contributed by atoms with Crippen molar-refractivity contribution < 1.29 is 5.11 Å². The number of aliphatic imine (C=N–C) groups is 1. The van der Waals surface area contributed by atoms with Crippen LogP contribution < -0.4 is 10.6 Å². The maximum Gasteiger partial charge on any atom is 0.191 e. The molecule has 1 atom stereocenters. The Labute approximate surface area is 135 Å². The predicted octanol–water partition coefficient (Wildman–Crippen LogP) is 1.72. The largest absolute Gasteiger partial charge is 0.388 e. The van der Waals surface area contributed by atoms with Crippen LogP contribution in [0.15, 0.2) is 4.99 Å². The lowest BCUT2D eigenvalue weighted by Gasteiger charge is -2.35. The summed E-state index contributed by atoms with van der Waals surface area (Å²) in [5.74, 6) is 0.842. The highest BCUT2D eigenvalue weighted by atomic mass is 16.3. The van der Waals surface area contributed by atoms with E-state index in [1.807, 2.05) is 0 Å². The van der Waals surface area contributed by atoms with Gasteiger partial charge in [0.2, 0.25) is 0 Å². The van der Waals surface area contributed by atoms with Crippen molar-refractivity contribution in [2.75, 3.05) is 32.7 Å². The molecule has 2 aliphatic rings. The predicted molar refractivity (Wildman–Crippen MR) is 92.3 cm³/mol. The number of nitrogens with zero attached hydrogens (tertiary/aromatic N) is 2. The van der Waals surface area contributed by atoms with Crippen LogP contribution in [0.4, 0.5) is 0 Å². The van der Waals surface area contributed by atoms with E-state index in [0.717, 1.165) is 57.3 Å². The van der Waals surface area contributed by atoms with E-state index in [-0.39, 0.29) is 0 Å². The lowest BCUT2D eigenvalue weighted by molar-refractivity contribution is -0.0236. The highest BCUT2D eigenvalue weighted by Gasteiger charge is 2.34. The summed E-state index contributed by atoms with van der Waals surface area (Å²) in [5, 5.41) is 16.8. The number of aliphatic hydroxyl groups is 1. The molecule has 22 heavy (non-hydrogen) atoms. The van der Waals surface area contributed by atoms with Crippen LogP contribution in [-0.2, 0) is 0 Å². The topological polar surface area (TPSA) is 59.9 Å². The summed E-state index contributed by atoms with van der Waals surface area (Å²) >= 11 is 0. The summed E-state index contributed by atoms with van der Waals surface area (Å²) in [6.45, 7) is 9.15.